The summed E-state index contributed by atoms with van der Waals surface area (Å²) in [5.41, 5.74) is 0.711. The van der Waals surface area contributed by atoms with Gasteiger partial charge in [-0.25, -0.2) is 8.42 Å². The lowest BCUT2D eigenvalue weighted by Gasteiger charge is -2.14. The number of phenolic OH excluding ortho intramolecular Hbond substituents is 2. The van der Waals surface area contributed by atoms with E-state index in [2.05, 4.69) is 4.99 Å². The summed E-state index contributed by atoms with van der Waals surface area (Å²) in [6, 6.07) is 9.41. The quantitative estimate of drug-likeness (QED) is 0.896. The highest BCUT2D eigenvalue weighted by atomic mass is 32.2. The molecule has 0 radical (unpaired) electrons. The van der Waals surface area contributed by atoms with E-state index in [9.17, 15) is 18.6 Å². The number of aromatic hydroxyl groups is 2. The van der Waals surface area contributed by atoms with Gasteiger partial charge in [0.15, 0.2) is 0 Å². The highest BCUT2D eigenvalue weighted by molar-refractivity contribution is 7.91. The summed E-state index contributed by atoms with van der Waals surface area (Å²) in [5, 5.41) is 18.9. The average molecular weight is 333 g/mol. The van der Waals surface area contributed by atoms with Crippen LogP contribution in [0.3, 0.4) is 0 Å². The summed E-state index contributed by atoms with van der Waals surface area (Å²) in [6.45, 7) is 1.29. The van der Waals surface area contributed by atoms with Crippen LogP contribution in [0.25, 0.3) is 0 Å². The molecular weight excluding hydrogens is 318 g/mol. The first-order chi connectivity index (χ1) is 11.0. The van der Waals surface area contributed by atoms with Crippen LogP contribution in [0, 0.1) is 0 Å². The average Bonchev–Trinajstić information content (AvgIpc) is 2.55. The molecule has 0 bridgehead atoms. The van der Waals surface area contributed by atoms with Gasteiger partial charge in [0.1, 0.15) is 11.5 Å². The number of ether oxygens (including phenoxy) is 1. The maximum Gasteiger partial charge on any atom is 0.216 e. The lowest BCUT2D eigenvalue weighted by Crippen LogP contribution is -2.14. The van der Waals surface area contributed by atoms with Gasteiger partial charge in [-0.15, -0.1) is 0 Å². The summed E-state index contributed by atoms with van der Waals surface area (Å²) in [4.78, 5) is 4.14. The van der Waals surface area contributed by atoms with Crippen molar-refractivity contribution in [1.29, 1.82) is 0 Å². The number of aliphatic imine (C=N–C) groups is 1. The van der Waals surface area contributed by atoms with Crippen molar-refractivity contribution in [3.8, 4) is 11.5 Å². The minimum Gasteiger partial charge on any atom is -0.508 e. The maximum absolute atomic E-state index is 12.5. The van der Waals surface area contributed by atoms with E-state index in [1.165, 1.54) is 12.1 Å². The summed E-state index contributed by atoms with van der Waals surface area (Å²) < 4.78 is 30.5. The summed E-state index contributed by atoms with van der Waals surface area (Å²) in [6.07, 6.45) is 0.872. The highest BCUT2D eigenvalue weighted by Gasteiger charge is 2.20. The zero-order valence-electron chi connectivity index (χ0n) is 12.1. The zero-order chi connectivity index (χ0) is 16.4. The lowest BCUT2D eigenvalue weighted by molar-refractivity contribution is 0.284. The predicted octanol–water partition coefficient (Wildman–Crippen LogP) is 2.10. The summed E-state index contributed by atoms with van der Waals surface area (Å²) >= 11 is 0. The SMILES string of the molecule is O=S(=O)(c1ccc(C2=NCCCO2)cc1)c1cc(O)cc(O)c1. The topological polar surface area (TPSA) is 96.2 Å². The van der Waals surface area contributed by atoms with E-state index in [0.29, 0.717) is 24.6 Å². The Balaban J connectivity index is 1.96. The van der Waals surface area contributed by atoms with Crippen LogP contribution < -0.4 is 0 Å². The molecular formula is C16H15NO5S. The second-order valence-electron chi connectivity index (χ2n) is 5.10. The van der Waals surface area contributed by atoms with Gasteiger partial charge in [0, 0.05) is 24.6 Å². The molecule has 0 spiro atoms. The first kappa shape index (κ1) is 15.4. The van der Waals surface area contributed by atoms with Crippen molar-refractivity contribution in [2.75, 3.05) is 13.2 Å². The molecule has 23 heavy (non-hydrogen) atoms. The Morgan fingerprint density at radius 2 is 1.61 bits per heavy atom. The van der Waals surface area contributed by atoms with Crippen LogP contribution in [0.4, 0.5) is 0 Å². The summed E-state index contributed by atoms with van der Waals surface area (Å²) in [5.74, 6) is -0.120. The minimum absolute atomic E-state index is 0.0580. The lowest BCUT2D eigenvalue weighted by atomic mass is 10.2. The Morgan fingerprint density at radius 3 is 2.17 bits per heavy atom. The molecule has 1 heterocycles. The molecule has 0 aliphatic carbocycles. The minimum atomic E-state index is -3.83. The van der Waals surface area contributed by atoms with Gasteiger partial charge in [-0.2, -0.15) is 0 Å². The van der Waals surface area contributed by atoms with Crippen molar-refractivity contribution in [3.63, 3.8) is 0 Å². The van der Waals surface area contributed by atoms with Crippen molar-refractivity contribution in [2.24, 2.45) is 4.99 Å². The summed E-state index contributed by atoms with van der Waals surface area (Å²) in [7, 11) is -3.83. The normalized spacial score (nSPS) is 14.9. The molecule has 2 aromatic rings. The number of rotatable bonds is 3. The molecule has 6 nitrogen and oxygen atoms in total. The largest absolute Gasteiger partial charge is 0.508 e. The van der Waals surface area contributed by atoms with Crippen molar-refractivity contribution < 1.29 is 23.4 Å². The Morgan fingerprint density at radius 1 is 0.957 bits per heavy atom. The molecule has 3 rings (SSSR count). The second-order valence-corrected chi connectivity index (χ2v) is 7.05. The number of hydrogen-bond donors (Lipinski definition) is 2. The number of benzene rings is 2. The fraction of sp³-hybridized carbons (Fsp3) is 0.188. The molecule has 0 amide bonds. The molecule has 0 fully saturated rings. The Hall–Kier alpha value is -2.54. The van der Waals surface area contributed by atoms with Gasteiger partial charge in [0.05, 0.1) is 16.4 Å². The first-order valence-corrected chi connectivity index (χ1v) is 8.51. The van der Waals surface area contributed by atoms with Gasteiger partial charge >= 0.3 is 0 Å². The van der Waals surface area contributed by atoms with Crippen molar-refractivity contribution in [3.05, 3.63) is 48.0 Å². The molecule has 1 aliphatic heterocycles. The molecule has 0 aromatic heterocycles. The van der Waals surface area contributed by atoms with Crippen LogP contribution in [0.1, 0.15) is 12.0 Å². The number of nitrogens with zero attached hydrogens (tertiary/aromatic N) is 1. The Kier molecular flexibility index (Phi) is 3.96. The number of hydrogen-bond acceptors (Lipinski definition) is 6. The van der Waals surface area contributed by atoms with Gasteiger partial charge in [-0.1, -0.05) is 0 Å². The van der Waals surface area contributed by atoms with Crippen molar-refractivity contribution in [1.82, 2.24) is 0 Å². The van der Waals surface area contributed by atoms with E-state index in [4.69, 9.17) is 4.74 Å². The number of sulfone groups is 1. The van der Waals surface area contributed by atoms with E-state index < -0.39 is 9.84 Å². The third-order valence-corrected chi connectivity index (χ3v) is 5.14. The van der Waals surface area contributed by atoms with Crippen molar-refractivity contribution in [2.45, 2.75) is 16.2 Å². The smallest absolute Gasteiger partial charge is 0.216 e. The molecule has 0 saturated heterocycles. The van der Waals surface area contributed by atoms with Crippen LogP contribution in [0.15, 0.2) is 57.2 Å². The van der Waals surface area contributed by atoms with Gasteiger partial charge in [-0.05, 0) is 36.4 Å². The van der Waals surface area contributed by atoms with E-state index >= 15 is 0 Å². The van der Waals surface area contributed by atoms with E-state index in [-0.39, 0.29) is 21.3 Å². The Labute approximate surface area is 133 Å². The molecule has 2 aromatic carbocycles. The van der Waals surface area contributed by atoms with E-state index in [1.54, 1.807) is 12.1 Å². The van der Waals surface area contributed by atoms with E-state index in [0.717, 1.165) is 24.6 Å². The fourth-order valence-electron chi connectivity index (χ4n) is 2.27. The molecule has 0 atom stereocenters. The molecule has 0 saturated carbocycles. The van der Waals surface area contributed by atoms with Crippen LogP contribution >= 0.6 is 0 Å². The molecule has 0 unspecified atom stereocenters. The Bertz CT molecular complexity index is 836. The fourth-order valence-corrected chi connectivity index (χ4v) is 3.59. The van der Waals surface area contributed by atoms with E-state index in [1.807, 2.05) is 0 Å². The van der Waals surface area contributed by atoms with Crippen LogP contribution in [-0.4, -0.2) is 37.7 Å². The van der Waals surface area contributed by atoms with Gasteiger partial charge in [0.25, 0.3) is 0 Å². The molecule has 120 valence electrons. The van der Waals surface area contributed by atoms with Gasteiger partial charge < -0.3 is 14.9 Å². The highest BCUT2D eigenvalue weighted by Crippen LogP contribution is 2.28. The van der Waals surface area contributed by atoms with Gasteiger partial charge in [0.2, 0.25) is 15.7 Å². The molecule has 1 aliphatic rings. The monoisotopic (exact) mass is 333 g/mol. The first-order valence-electron chi connectivity index (χ1n) is 7.02. The maximum atomic E-state index is 12.5. The second kappa shape index (κ2) is 5.92. The number of phenols is 2. The molecule has 7 heteroatoms. The zero-order valence-corrected chi connectivity index (χ0v) is 13.0. The van der Waals surface area contributed by atoms with Crippen molar-refractivity contribution >= 4 is 15.7 Å². The van der Waals surface area contributed by atoms with Crippen LogP contribution in [-0.2, 0) is 14.6 Å². The third kappa shape index (κ3) is 3.14. The molecule has 2 N–H and O–H groups in total. The predicted molar refractivity (Wildman–Crippen MR) is 83.6 cm³/mol. The van der Waals surface area contributed by atoms with Gasteiger partial charge in [-0.3, -0.25) is 4.99 Å². The van der Waals surface area contributed by atoms with Crippen LogP contribution in [0.5, 0.6) is 11.5 Å². The third-order valence-electron chi connectivity index (χ3n) is 3.39. The standard InChI is InChI=1S/C16H15NO5S/c18-12-8-13(19)10-15(9-12)23(20,21)14-4-2-11(3-5-14)16-17-6-1-7-22-16/h2-5,8-10,18-19H,1,6-7H2. The van der Waals surface area contributed by atoms with Crippen LogP contribution in [0.2, 0.25) is 0 Å².